The van der Waals surface area contributed by atoms with Crippen LogP contribution in [0.2, 0.25) is 0 Å². The van der Waals surface area contributed by atoms with E-state index in [-0.39, 0.29) is 17.3 Å². The maximum atomic E-state index is 12.8. The first-order chi connectivity index (χ1) is 12.5. The molecule has 0 radical (unpaired) electrons. The second-order valence-electron chi connectivity index (χ2n) is 6.68. The Morgan fingerprint density at radius 2 is 1.96 bits per heavy atom. The van der Waals surface area contributed by atoms with E-state index >= 15 is 0 Å². The number of benzene rings is 1. The predicted octanol–water partition coefficient (Wildman–Crippen LogP) is 2.19. The Morgan fingerprint density at radius 1 is 1.23 bits per heavy atom. The standard InChI is InChI=1S/C19H23N3O3S/c1-12-16(18(24)21-19(25)20-12)11-22-9-3-4-14(10-22)17(23)13-5-7-15(26-2)8-6-13/h5-8,14H,3-4,9-11H2,1-2H3,(H2,20,21,24,25)/t14-/m1/s1. The number of nitrogens with one attached hydrogen (secondary N) is 2. The summed E-state index contributed by atoms with van der Waals surface area (Å²) < 4.78 is 0. The summed E-state index contributed by atoms with van der Waals surface area (Å²) in [5, 5.41) is 0. The monoisotopic (exact) mass is 373 g/mol. The van der Waals surface area contributed by atoms with Gasteiger partial charge in [0.2, 0.25) is 0 Å². The molecular weight excluding hydrogens is 350 g/mol. The highest BCUT2D eigenvalue weighted by molar-refractivity contribution is 7.98. The molecule has 1 saturated heterocycles. The van der Waals surface area contributed by atoms with Gasteiger partial charge in [0, 0.05) is 35.2 Å². The van der Waals surface area contributed by atoms with Crippen molar-refractivity contribution in [3.05, 3.63) is 61.9 Å². The molecule has 26 heavy (non-hydrogen) atoms. The minimum atomic E-state index is -0.489. The summed E-state index contributed by atoms with van der Waals surface area (Å²) in [4.78, 5) is 44.4. The number of carbonyl (C=O) groups excluding carboxylic acids is 1. The zero-order chi connectivity index (χ0) is 18.7. The topological polar surface area (TPSA) is 86.0 Å². The minimum Gasteiger partial charge on any atom is -0.311 e. The third-order valence-corrected chi connectivity index (χ3v) is 5.63. The molecular formula is C19H23N3O3S. The van der Waals surface area contributed by atoms with Gasteiger partial charge in [-0.25, -0.2) is 4.79 Å². The predicted molar refractivity (Wildman–Crippen MR) is 103 cm³/mol. The van der Waals surface area contributed by atoms with Crippen molar-refractivity contribution in [2.75, 3.05) is 19.3 Å². The number of ketones is 1. The lowest BCUT2D eigenvalue weighted by molar-refractivity contribution is 0.0811. The van der Waals surface area contributed by atoms with Gasteiger partial charge >= 0.3 is 5.69 Å². The van der Waals surface area contributed by atoms with Gasteiger partial charge in [-0.1, -0.05) is 12.1 Å². The fraction of sp³-hybridized carbons (Fsp3) is 0.421. The van der Waals surface area contributed by atoms with E-state index < -0.39 is 5.69 Å². The van der Waals surface area contributed by atoms with E-state index in [9.17, 15) is 14.4 Å². The van der Waals surface area contributed by atoms with Crippen LogP contribution in [0.4, 0.5) is 0 Å². The lowest BCUT2D eigenvalue weighted by Crippen LogP contribution is -2.40. The normalized spacial score (nSPS) is 18.0. The maximum Gasteiger partial charge on any atom is 0.325 e. The molecule has 2 heterocycles. The van der Waals surface area contributed by atoms with E-state index in [1.165, 1.54) is 0 Å². The SMILES string of the molecule is CSc1ccc(C(=O)[C@@H]2CCCN(Cc3c(C)[nH]c(=O)[nH]c3=O)C2)cc1. The highest BCUT2D eigenvalue weighted by atomic mass is 32.2. The van der Waals surface area contributed by atoms with Gasteiger partial charge in [0.15, 0.2) is 5.78 Å². The molecule has 0 saturated carbocycles. The zero-order valence-electron chi connectivity index (χ0n) is 15.0. The molecule has 1 atom stereocenters. The van der Waals surface area contributed by atoms with Gasteiger partial charge < -0.3 is 4.98 Å². The van der Waals surface area contributed by atoms with Crippen molar-refractivity contribution < 1.29 is 4.79 Å². The lowest BCUT2D eigenvalue weighted by Gasteiger charge is -2.32. The van der Waals surface area contributed by atoms with Crippen LogP contribution in [-0.4, -0.2) is 40.0 Å². The molecule has 0 unspecified atom stereocenters. The number of hydrogen-bond donors (Lipinski definition) is 2. The van der Waals surface area contributed by atoms with Crippen molar-refractivity contribution in [1.29, 1.82) is 0 Å². The first kappa shape index (κ1) is 18.7. The summed E-state index contributed by atoms with van der Waals surface area (Å²) in [6, 6.07) is 7.73. The van der Waals surface area contributed by atoms with Crippen LogP contribution >= 0.6 is 11.8 Å². The second-order valence-corrected chi connectivity index (χ2v) is 7.56. The summed E-state index contributed by atoms with van der Waals surface area (Å²) in [6.07, 6.45) is 3.79. The van der Waals surface area contributed by atoms with Crippen LogP contribution in [0.3, 0.4) is 0 Å². The molecule has 0 spiro atoms. The Morgan fingerprint density at radius 3 is 2.62 bits per heavy atom. The first-order valence-electron chi connectivity index (χ1n) is 8.70. The van der Waals surface area contributed by atoms with Crippen molar-refractivity contribution in [3.8, 4) is 0 Å². The van der Waals surface area contributed by atoms with Crippen LogP contribution in [0.25, 0.3) is 0 Å². The highest BCUT2D eigenvalue weighted by Gasteiger charge is 2.27. The average molecular weight is 373 g/mol. The Hall–Kier alpha value is -2.12. The number of H-pyrrole nitrogens is 2. The quantitative estimate of drug-likeness (QED) is 0.620. The number of likely N-dealkylation sites (tertiary alicyclic amines) is 1. The molecule has 1 fully saturated rings. The molecule has 3 rings (SSSR count). The number of aromatic amines is 2. The molecule has 0 amide bonds. The summed E-state index contributed by atoms with van der Waals surface area (Å²) in [6.45, 7) is 3.63. The third-order valence-electron chi connectivity index (χ3n) is 4.89. The Bertz CT molecular complexity index is 901. The van der Waals surface area contributed by atoms with Gasteiger partial charge in [0.05, 0.1) is 5.56 Å². The average Bonchev–Trinajstić information content (AvgIpc) is 2.64. The molecule has 2 aromatic rings. The fourth-order valence-electron chi connectivity index (χ4n) is 3.44. The van der Waals surface area contributed by atoms with Crippen LogP contribution < -0.4 is 11.2 Å². The minimum absolute atomic E-state index is 0.0639. The Balaban J connectivity index is 1.72. The first-order valence-corrected chi connectivity index (χ1v) is 9.93. The van der Waals surface area contributed by atoms with Crippen molar-refractivity contribution >= 4 is 17.5 Å². The van der Waals surface area contributed by atoms with Crippen LogP contribution in [0.1, 0.15) is 34.5 Å². The number of aryl methyl sites for hydroxylation is 1. The zero-order valence-corrected chi connectivity index (χ0v) is 15.8. The van der Waals surface area contributed by atoms with E-state index in [0.717, 1.165) is 29.8 Å². The summed E-state index contributed by atoms with van der Waals surface area (Å²) in [5.41, 5.74) is 1.04. The number of piperidine rings is 1. The summed E-state index contributed by atoms with van der Waals surface area (Å²) >= 11 is 1.65. The molecule has 0 aliphatic carbocycles. The van der Waals surface area contributed by atoms with E-state index in [1.807, 2.05) is 30.5 Å². The smallest absolute Gasteiger partial charge is 0.311 e. The van der Waals surface area contributed by atoms with Crippen molar-refractivity contribution in [3.63, 3.8) is 0 Å². The Labute approximate surface area is 156 Å². The van der Waals surface area contributed by atoms with Gasteiger partial charge in [-0.15, -0.1) is 11.8 Å². The van der Waals surface area contributed by atoms with Gasteiger partial charge in [-0.3, -0.25) is 19.5 Å². The largest absolute Gasteiger partial charge is 0.325 e. The summed E-state index contributed by atoms with van der Waals surface area (Å²) in [7, 11) is 0. The second kappa shape index (κ2) is 8.05. The van der Waals surface area contributed by atoms with Crippen molar-refractivity contribution in [2.24, 2.45) is 5.92 Å². The van der Waals surface area contributed by atoms with E-state index in [0.29, 0.717) is 24.3 Å². The van der Waals surface area contributed by atoms with Gasteiger partial charge in [-0.2, -0.15) is 0 Å². The number of hydrogen-bond acceptors (Lipinski definition) is 5. The van der Waals surface area contributed by atoms with Crippen molar-refractivity contribution in [1.82, 2.24) is 14.9 Å². The van der Waals surface area contributed by atoms with Crippen LogP contribution in [0.15, 0.2) is 38.8 Å². The van der Waals surface area contributed by atoms with Crippen molar-refractivity contribution in [2.45, 2.75) is 31.2 Å². The molecule has 2 N–H and O–H groups in total. The fourth-order valence-corrected chi connectivity index (χ4v) is 3.85. The lowest BCUT2D eigenvalue weighted by atomic mass is 9.90. The third kappa shape index (κ3) is 4.16. The Kier molecular flexibility index (Phi) is 5.78. The van der Waals surface area contributed by atoms with E-state index in [4.69, 9.17) is 0 Å². The number of rotatable bonds is 5. The molecule has 1 aliphatic rings. The summed E-state index contributed by atoms with van der Waals surface area (Å²) in [5.74, 6) is 0.0977. The molecule has 6 nitrogen and oxygen atoms in total. The number of carbonyl (C=O) groups is 1. The van der Waals surface area contributed by atoms with Gasteiger partial charge in [0.25, 0.3) is 5.56 Å². The number of nitrogens with zero attached hydrogens (tertiary/aromatic N) is 1. The van der Waals surface area contributed by atoms with E-state index in [2.05, 4.69) is 14.9 Å². The maximum absolute atomic E-state index is 12.8. The molecule has 1 aromatic carbocycles. The highest BCUT2D eigenvalue weighted by Crippen LogP contribution is 2.23. The molecule has 0 bridgehead atoms. The van der Waals surface area contributed by atoms with Crippen LogP contribution in [0.5, 0.6) is 0 Å². The number of Topliss-reactive ketones (excluding diaryl/α,β-unsaturated/α-hetero) is 1. The number of aromatic nitrogens is 2. The van der Waals surface area contributed by atoms with Crippen LogP contribution in [-0.2, 0) is 6.54 Å². The van der Waals surface area contributed by atoms with Crippen LogP contribution in [0, 0.1) is 12.8 Å². The molecule has 1 aliphatic heterocycles. The molecule has 1 aromatic heterocycles. The van der Waals surface area contributed by atoms with E-state index in [1.54, 1.807) is 18.7 Å². The molecule has 7 heteroatoms. The number of thioether (sulfide) groups is 1. The molecule has 138 valence electrons. The van der Waals surface area contributed by atoms with Gasteiger partial charge in [0.1, 0.15) is 0 Å². The van der Waals surface area contributed by atoms with Gasteiger partial charge in [-0.05, 0) is 44.7 Å².